The van der Waals surface area contributed by atoms with Gasteiger partial charge in [-0.05, 0) is 13.8 Å². The SMILES string of the molecule is CCOC(=O)[C@@]1(C)CC=CCO1. The van der Waals surface area contributed by atoms with E-state index in [1.807, 2.05) is 12.2 Å². The van der Waals surface area contributed by atoms with Crippen molar-refractivity contribution in [2.24, 2.45) is 0 Å². The summed E-state index contributed by atoms with van der Waals surface area (Å²) in [6.07, 6.45) is 4.45. The standard InChI is InChI=1S/C9H14O3/c1-3-11-8(10)9(2)6-4-5-7-12-9/h4-5H,3,6-7H2,1-2H3/t9-/m1/s1. The molecular weight excluding hydrogens is 156 g/mol. The molecule has 0 N–H and O–H groups in total. The molecule has 0 spiro atoms. The van der Waals surface area contributed by atoms with Crippen LogP contribution in [0.15, 0.2) is 12.2 Å². The molecule has 1 heterocycles. The lowest BCUT2D eigenvalue weighted by atomic mass is 10.0. The van der Waals surface area contributed by atoms with Gasteiger partial charge in [-0.3, -0.25) is 0 Å². The molecule has 12 heavy (non-hydrogen) atoms. The number of carbonyl (C=O) groups is 1. The van der Waals surface area contributed by atoms with E-state index in [-0.39, 0.29) is 5.97 Å². The third-order valence-electron chi connectivity index (χ3n) is 1.88. The molecule has 0 aromatic rings. The van der Waals surface area contributed by atoms with E-state index in [0.29, 0.717) is 19.6 Å². The zero-order valence-electron chi connectivity index (χ0n) is 7.50. The van der Waals surface area contributed by atoms with E-state index in [4.69, 9.17) is 9.47 Å². The summed E-state index contributed by atoms with van der Waals surface area (Å²) in [5, 5.41) is 0. The zero-order chi connectivity index (χ0) is 9.03. The molecule has 0 aliphatic carbocycles. The van der Waals surface area contributed by atoms with Crippen molar-refractivity contribution in [2.45, 2.75) is 25.9 Å². The molecule has 0 unspecified atom stereocenters. The second kappa shape index (κ2) is 3.72. The molecule has 0 saturated carbocycles. The highest BCUT2D eigenvalue weighted by Gasteiger charge is 2.35. The van der Waals surface area contributed by atoms with E-state index in [1.54, 1.807) is 13.8 Å². The van der Waals surface area contributed by atoms with E-state index < -0.39 is 5.60 Å². The molecule has 0 bridgehead atoms. The molecule has 0 fully saturated rings. The average Bonchev–Trinajstić information content (AvgIpc) is 2.06. The number of ether oxygens (including phenoxy) is 2. The van der Waals surface area contributed by atoms with Crippen LogP contribution >= 0.6 is 0 Å². The van der Waals surface area contributed by atoms with Crippen LogP contribution in [0.5, 0.6) is 0 Å². The highest BCUT2D eigenvalue weighted by atomic mass is 16.6. The smallest absolute Gasteiger partial charge is 0.338 e. The maximum absolute atomic E-state index is 11.3. The Morgan fingerprint density at radius 3 is 2.92 bits per heavy atom. The van der Waals surface area contributed by atoms with Crippen LogP contribution in [0.1, 0.15) is 20.3 Å². The quantitative estimate of drug-likeness (QED) is 0.462. The van der Waals surface area contributed by atoms with Gasteiger partial charge in [-0.1, -0.05) is 12.2 Å². The van der Waals surface area contributed by atoms with Gasteiger partial charge in [0.15, 0.2) is 5.60 Å². The largest absolute Gasteiger partial charge is 0.464 e. The second-order valence-electron chi connectivity index (χ2n) is 2.94. The lowest BCUT2D eigenvalue weighted by Crippen LogP contribution is -2.41. The maximum Gasteiger partial charge on any atom is 0.338 e. The molecule has 0 amide bonds. The van der Waals surface area contributed by atoms with E-state index >= 15 is 0 Å². The van der Waals surface area contributed by atoms with Gasteiger partial charge >= 0.3 is 5.97 Å². The Bertz CT molecular complexity index is 198. The summed E-state index contributed by atoms with van der Waals surface area (Å²) in [5.74, 6) is -0.269. The van der Waals surface area contributed by atoms with E-state index in [1.165, 1.54) is 0 Å². The monoisotopic (exact) mass is 170 g/mol. The van der Waals surface area contributed by atoms with Crippen molar-refractivity contribution in [1.82, 2.24) is 0 Å². The molecule has 0 saturated heterocycles. The van der Waals surface area contributed by atoms with Crippen LogP contribution in [-0.4, -0.2) is 24.8 Å². The van der Waals surface area contributed by atoms with Crippen LogP contribution < -0.4 is 0 Å². The summed E-state index contributed by atoms with van der Waals surface area (Å²) >= 11 is 0. The molecule has 68 valence electrons. The van der Waals surface area contributed by atoms with Gasteiger partial charge in [-0.25, -0.2) is 4.79 Å². The Balaban J connectivity index is 2.58. The van der Waals surface area contributed by atoms with Gasteiger partial charge in [-0.15, -0.1) is 0 Å². The number of esters is 1. The first-order chi connectivity index (χ1) is 5.69. The highest BCUT2D eigenvalue weighted by Crippen LogP contribution is 2.21. The number of hydrogen-bond acceptors (Lipinski definition) is 3. The van der Waals surface area contributed by atoms with Crippen molar-refractivity contribution in [2.75, 3.05) is 13.2 Å². The van der Waals surface area contributed by atoms with Crippen molar-refractivity contribution >= 4 is 5.97 Å². The summed E-state index contributed by atoms with van der Waals surface area (Å²) in [4.78, 5) is 11.3. The Kier molecular flexibility index (Phi) is 2.87. The topological polar surface area (TPSA) is 35.5 Å². The first kappa shape index (κ1) is 9.26. The number of hydrogen-bond donors (Lipinski definition) is 0. The van der Waals surface area contributed by atoms with E-state index in [9.17, 15) is 4.79 Å². The number of carbonyl (C=O) groups excluding carboxylic acids is 1. The Hall–Kier alpha value is -0.830. The van der Waals surface area contributed by atoms with Crippen LogP contribution in [0.2, 0.25) is 0 Å². The first-order valence-corrected chi connectivity index (χ1v) is 4.15. The molecule has 1 aliphatic rings. The fourth-order valence-corrected chi connectivity index (χ4v) is 1.09. The van der Waals surface area contributed by atoms with Gasteiger partial charge in [0, 0.05) is 6.42 Å². The molecule has 1 rings (SSSR count). The van der Waals surface area contributed by atoms with Crippen molar-refractivity contribution < 1.29 is 14.3 Å². The predicted octanol–water partition coefficient (Wildman–Crippen LogP) is 1.28. The van der Waals surface area contributed by atoms with Crippen molar-refractivity contribution in [3.8, 4) is 0 Å². The van der Waals surface area contributed by atoms with Crippen molar-refractivity contribution in [3.63, 3.8) is 0 Å². The third kappa shape index (κ3) is 1.85. The van der Waals surface area contributed by atoms with Gasteiger partial charge in [0.05, 0.1) is 13.2 Å². The Morgan fingerprint density at radius 1 is 1.67 bits per heavy atom. The van der Waals surface area contributed by atoms with Crippen LogP contribution in [-0.2, 0) is 14.3 Å². The molecule has 3 heteroatoms. The van der Waals surface area contributed by atoms with E-state index in [2.05, 4.69) is 0 Å². The zero-order valence-corrected chi connectivity index (χ0v) is 7.50. The minimum absolute atomic E-state index is 0.269. The highest BCUT2D eigenvalue weighted by molar-refractivity contribution is 5.79. The lowest BCUT2D eigenvalue weighted by molar-refractivity contribution is -0.169. The molecule has 1 aliphatic heterocycles. The lowest BCUT2D eigenvalue weighted by Gasteiger charge is -2.28. The number of rotatable bonds is 2. The molecule has 0 aromatic heterocycles. The van der Waals surface area contributed by atoms with Crippen molar-refractivity contribution in [1.29, 1.82) is 0 Å². The van der Waals surface area contributed by atoms with Crippen molar-refractivity contribution in [3.05, 3.63) is 12.2 Å². The normalized spacial score (nSPS) is 28.5. The fourth-order valence-electron chi connectivity index (χ4n) is 1.09. The predicted molar refractivity (Wildman–Crippen MR) is 44.7 cm³/mol. The van der Waals surface area contributed by atoms with Gasteiger partial charge in [0.25, 0.3) is 0 Å². The van der Waals surface area contributed by atoms with Crippen LogP contribution in [0, 0.1) is 0 Å². The maximum atomic E-state index is 11.3. The van der Waals surface area contributed by atoms with E-state index in [0.717, 1.165) is 0 Å². The summed E-state index contributed by atoms with van der Waals surface area (Å²) < 4.78 is 10.2. The first-order valence-electron chi connectivity index (χ1n) is 4.15. The molecule has 0 radical (unpaired) electrons. The van der Waals surface area contributed by atoms with Gasteiger partial charge in [0.2, 0.25) is 0 Å². The van der Waals surface area contributed by atoms with Crippen LogP contribution in [0.25, 0.3) is 0 Å². The average molecular weight is 170 g/mol. The summed E-state index contributed by atoms with van der Waals surface area (Å²) in [7, 11) is 0. The summed E-state index contributed by atoms with van der Waals surface area (Å²) in [6.45, 7) is 4.45. The minimum atomic E-state index is -0.759. The molecular formula is C9H14O3. The van der Waals surface area contributed by atoms with Crippen LogP contribution in [0.3, 0.4) is 0 Å². The molecule has 0 aromatic carbocycles. The summed E-state index contributed by atoms with van der Waals surface area (Å²) in [5.41, 5.74) is -0.759. The Morgan fingerprint density at radius 2 is 2.42 bits per heavy atom. The minimum Gasteiger partial charge on any atom is -0.464 e. The third-order valence-corrected chi connectivity index (χ3v) is 1.88. The van der Waals surface area contributed by atoms with Crippen LogP contribution in [0.4, 0.5) is 0 Å². The Labute approximate surface area is 72.4 Å². The van der Waals surface area contributed by atoms with Gasteiger partial charge in [0.1, 0.15) is 0 Å². The summed E-state index contributed by atoms with van der Waals surface area (Å²) in [6, 6.07) is 0. The van der Waals surface area contributed by atoms with Gasteiger partial charge in [-0.2, -0.15) is 0 Å². The molecule has 3 nitrogen and oxygen atoms in total. The van der Waals surface area contributed by atoms with Gasteiger partial charge < -0.3 is 9.47 Å². The molecule has 1 atom stereocenters. The fraction of sp³-hybridized carbons (Fsp3) is 0.667. The second-order valence-corrected chi connectivity index (χ2v) is 2.94.